The zero-order chi connectivity index (χ0) is 16.1. The smallest absolute Gasteiger partial charge is 0.257 e. The van der Waals surface area contributed by atoms with Crippen molar-refractivity contribution in [3.05, 3.63) is 30.1 Å². The number of ether oxygens (including phenoxy) is 1. The number of hydrogen-bond acceptors (Lipinski definition) is 6. The Hall–Kier alpha value is -2.15. The molecule has 0 atom stereocenters. The van der Waals surface area contributed by atoms with Gasteiger partial charge in [0.15, 0.2) is 0 Å². The van der Waals surface area contributed by atoms with E-state index in [2.05, 4.69) is 14.7 Å². The van der Waals surface area contributed by atoms with Crippen LogP contribution in [0.5, 0.6) is 5.88 Å². The highest BCUT2D eigenvalue weighted by Crippen LogP contribution is 2.33. The lowest BCUT2D eigenvalue weighted by atomic mass is 9.90. The molecule has 2 aromatic heterocycles. The van der Waals surface area contributed by atoms with Crippen molar-refractivity contribution in [2.75, 3.05) is 11.9 Å². The second-order valence-electron chi connectivity index (χ2n) is 5.74. The summed E-state index contributed by atoms with van der Waals surface area (Å²) in [7, 11) is 0. The number of carbonyl (C=O) groups is 1. The maximum atomic E-state index is 11.8. The Labute approximate surface area is 139 Å². The van der Waals surface area contributed by atoms with Crippen LogP contribution in [-0.4, -0.2) is 21.9 Å². The van der Waals surface area contributed by atoms with Crippen LogP contribution in [0.1, 0.15) is 42.5 Å². The zero-order valence-corrected chi connectivity index (χ0v) is 13.6. The average molecular weight is 332 g/mol. The van der Waals surface area contributed by atoms with Crippen LogP contribution < -0.4 is 15.8 Å². The Morgan fingerprint density at radius 2 is 2.22 bits per heavy atom. The van der Waals surface area contributed by atoms with Crippen LogP contribution in [0.25, 0.3) is 0 Å². The number of aromatic nitrogens is 2. The molecule has 7 heteroatoms. The topological polar surface area (TPSA) is 90.1 Å². The summed E-state index contributed by atoms with van der Waals surface area (Å²) in [6, 6.07) is 3.67. The molecule has 1 aliphatic carbocycles. The Morgan fingerprint density at radius 3 is 2.91 bits per heavy atom. The van der Waals surface area contributed by atoms with Crippen LogP contribution in [0.3, 0.4) is 0 Å². The van der Waals surface area contributed by atoms with Gasteiger partial charge in [0.05, 0.1) is 18.5 Å². The largest absolute Gasteiger partial charge is 0.476 e. The van der Waals surface area contributed by atoms with Crippen molar-refractivity contribution in [2.45, 2.75) is 32.1 Å². The molecule has 0 saturated heterocycles. The maximum Gasteiger partial charge on any atom is 0.257 e. The van der Waals surface area contributed by atoms with Crippen molar-refractivity contribution < 1.29 is 9.53 Å². The summed E-state index contributed by atoms with van der Waals surface area (Å²) in [4.78, 5) is 15.8. The van der Waals surface area contributed by atoms with Gasteiger partial charge in [0.1, 0.15) is 10.6 Å². The number of hydrogen-bond donors (Lipinski definition) is 2. The Morgan fingerprint density at radius 1 is 1.39 bits per heavy atom. The van der Waals surface area contributed by atoms with Crippen molar-refractivity contribution in [3.63, 3.8) is 0 Å². The first kappa shape index (κ1) is 15.7. The predicted octanol–water partition coefficient (Wildman–Crippen LogP) is 3.34. The molecule has 3 N–H and O–H groups in total. The third kappa shape index (κ3) is 3.98. The van der Waals surface area contributed by atoms with Crippen LogP contribution >= 0.6 is 11.5 Å². The lowest BCUT2D eigenvalue weighted by Gasteiger charge is -2.21. The van der Waals surface area contributed by atoms with Crippen molar-refractivity contribution in [2.24, 2.45) is 11.7 Å². The number of nitrogens with zero attached hydrogens (tertiary/aromatic N) is 2. The quantitative estimate of drug-likeness (QED) is 0.846. The van der Waals surface area contributed by atoms with Gasteiger partial charge in [-0.2, -0.15) is 4.37 Å². The molecule has 1 aliphatic rings. The number of amides is 1. The molecular weight excluding hydrogens is 312 g/mol. The van der Waals surface area contributed by atoms with Gasteiger partial charge in [-0.05, 0) is 42.4 Å². The van der Waals surface area contributed by atoms with E-state index in [0.717, 1.165) is 5.69 Å². The SMILES string of the molecule is NC(=O)c1c(OCC2CCCCC2)nsc1Nc1cccnc1. The van der Waals surface area contributed by atoms with Crippen molar-refractivity contribution in [1.82, 2.24) is 9.36 Å². The molecule has 3 rings (SSSR count). The molecule has 0 spiro atoms. The van der Waals surface area contributed by atoms with E-state index in [1.807, 2.05) is 12.1 Å². The average Bonchev–Trinajstić information content (AvgIpc) is 2.98. The standard InChI is InChI=1S/C16H20N4O2S/c17-14(21)13-15(22-10-11-5-2-1-3-6-11)20-23-16(13)19-12-7-4-8-18-9-12/h4,7-9,11,19H,1-3,5-6,10H2,(H2,17,21). The first-order valence-electron chi connectivity index (χ1n) is 7.83. The summed E-state index contributed by atoms with van der Waals surface area (Å²) < 4.78 is 10.1. The molecule has 0 aromatic carbocycles. The summed E-state index contributed by atoms with van der Waals surface area (Å²) >= 11 is 1.17. The molecule has 122 valence electrons. The van der Waals surface area contributed by atoms with Crippen molar-refractivity contribution in [1.29, 1.82) is 0 Å². The van der Waals surface area contributed by atoms with Crippen molar-refractivity contribution >= 4 is 28.1 Å². The fourth-order valence-corrected chi connectivity index (χ4v) is 3.56. The fourth-order valence-electron chi connectivity index (χ4n) is 2.80. The summed E-state index contributed by atoms with van der Waals surface area (Å²) in [5.41, 5.74) is 6.60. The third-order valence-corrected chi connectivity index (χ3v) is 4.75. The van der Waals surface area contributed by atoms with Gasteiger partial charge in [0.2, 0.25) is 5.88 Å². The molecule has 1 amide bonds. The van der Waals surface area contributed by atoms with E-state index >= 15 is 0 Å². The molecule has 1 saturated carbocycles. The van der Waals surface area contributed by atoms with Gasteiger partial charge in [0, 0.05) is 6.20 Å². The van der Waals surface area contributed by atoms with Gasteiger partial charge in [-0.25, -0.2) is 0 Å². The lowest BCUT2D eigenvalue weighted by Crippen LogP contribution is -2.18. The summed E-state index contributed by atoms with van der Waals surface area (Å²) in [6.07, 6.45) is 9.52. The fraction of sp³-hybridized carbons (Fsp3) is 0.438. The minimum absolute atomic E-state index is 0.315. The van der Waals surface area contributed by atoms with E-state index in [4.69, 9.17) is 10.5 Å². The van der Waals surface area contributed by atoms with Gasteiger partial charge in [-0.1, -0.05) is 19.3 Å². The van der Waals surface area contributed by atoms with Crippen LogP contribution in [0.15, 0.2) is 24.5 Å². The molecule has 0 radical (unpaired) electrons. The highest BCUT2D eigenvalue weighted by molar-refractivity contribution is 7.11. The molecule has 0 bridgehead atoms. The van der Waals surface area contributed by atoms with Gasteiger partial charge in [-0.15, -0.1) is 0 Å². The summed E-state index contributed by atoms with van der Waals surface area (Å²) in [5.74, 6) is 0.337. The van der Waals surface area contributed by atoms with Gasteiger partial charge in [-0.3, -0.25) is 9.78 Å². The van der Waals surface area contributed by atoms with E-state index in [1.165, 1.54) is 43.6 Å². The summed E-state index contributed by atoms with van der Waals surface area (Å²) in [5, 5.41) is 3.71. The molecule has 1 fully saturated rings. The molecule has 2 aromatic rings. The van der Waals surface area contributed by atoms with E-state index in [1.54, 1.807) is 12.4 Å². The highest BCUT2D eigenvalue weighted by Gasteiger charge is 2.22. The van der Waals surface area contributed by atoms with Crippen LogP contribution in [0, 0.1) is 5.92 Å². The predicted molar refractivity (Wildman–Crippen MR) is 90.2 cm³/mol. The highest BCUT2D eigenvalue weighted by atomic mass is 32.1. The normalized spacial score (nSPS) is 15.3. The number of nitrogens with one attached hydrogen (secondary N) is 1. The molecule has 6 nitrogen and oxygen atoms in total. The first-order valence-corrected chi connectivity index (χ1v) is 8.60. The van der Waals surface area contributed by atoms with Crippen molar-refractivity contribution in [3.8, 4) is 5.88 Å². The van der Waals surface area contributed by atoms with Gasteiger partial charge in [0.25, 0.3) is 5.91 Å². The number of nitrogens with two attached hydrogens (primary N) is 1. The molecule has 2 heterocycles. The number of pyridine rings is 1. The van der Waals surface area contributed by atoms with Crippen LogP contribution in [0.4, 0.5) is 10.7 Å². The van der Waals surface area contributed by atoms with Gasteiger partial charge >= 0.3 is 0 Å². The van der Waals surface area contributed by atoms with Crippen LogP contribution in [0.2, 0.25) is 0 Å². The second-order valence-corrected chi connectivity index (χ2v) is 6.51. The number of rotatable bonds is 6. The van der Waals surface area contributed by atoms with E-state index in [-0.39, 0.29) is 0 Å². The molecule has 0 aliphatic heterocycles. The molecule has 23 heavy (non-hydrogen) atoms. The number of anilines is 2. The maximum absolute atomic E-state index is 11.8. The monoisotopic (exact) mass is 332 g/mol. The van der Waals surface area contributed by atoms with Crippen LogP contribution in [-0.2, 0) is 0 Å². The Balaban J connectivity index is 1.71. The number of carbonyl (C=O) groups excluding carboxylic acids is 1. The second kappa shape index (κ2) is 7.41. The third-order valence-electron chi connectivity index (χ3n) is 4.01. The van der Waals surface area contributed by atoms with E-state index in [0.29, 0.717) is 29.0 Å². The number of primary amides is 1. The minimum atomic E-state index is -0.538. The van der Waals surface area contributed by atoms with Gasteiger partial charge < -0.3 is 15.8 Å². The molecular formula is C16H20N4O2S. The Kier molecular flexibility index (Phi) is 5.07. The zero-order valence-electron chi connectivity index (χ0n) is 12.8. The minimum Gasteiger partial charge on any atom is -0.476 e. The van der Waals surface area contributed by atoms with E-state index in [9.17, 15) is 4.79 Å². The summed E-state index contributed by atoms with van der Waals surface area (Å²) in [6.45, 7) is 0.594. The lowest BCUT2D eigenvalue weighted by molar-refractivity contribution is 0.0995. The first-order chi connectivity index (χ1) is 11.2. The Bertz CT molecular complexity index is 653. The molecule has 0 unspecified atom stereocenters. The van der Waals surface area contributed by atoms with E-state index < -0.39 is 5.91 Å².